The third-order valence-electron chi connectivity index (χ3n) is 3.23. The highest BCUT2D eigenvalue weighted by Gasteiger charge is 2.14. The molecule has 0 atom stereocenters. The molecule has 2 heterocycles. The molecule has 0 saturated heterocycles. The Labute approximate surface area is 132 Å². The zero-order chi connectivity index (χ0) is 15.5. The van der Waals surface area contributed by atoms with Crippen molar-refractivity contribution >= 4 is 22.4 Å². The van der Waals surface area contributed by atoms with Crippen molar-refractivity contribution in [1.29, 1.82) is 0 Å². The summed E-state index contributed by atoms with van der Waals surface area (Å²) in [7, 11) is 0. The summed E-state index contributed by atoms with van der Waals surface area (Å²) in [4.78, 5) is 16.4. The number of nitrogens with zero attached hydrogens (tertiary/aromatic N) is 2. The molecule has 6 heteroatoms. The number of hydrogen-bond donors (Lipinski definition) is 1. The molecule has 0 aliphatic rings. The lowest BCUT2D eigenvalue weighted by Crippen LogP contribution is -2.10. The molecule has 1 amide bonds. The van der Waals surface area contributed by atoms with Gasteiger partial charge in [0.05, 0.1) is 11.4 Å². The van der Waals surface area contributed by atoms with E-state index in [4.69, 9.17) is 4.52 Å². The molecule has 3 aromatic rings. The van der Waals surface area contributed by atoms with Gasteiger partial charge in [0.15, 0.2) is 5.13 Å². The Morgan fingerprint density at radius 3 is 2.73 bits per heavy atom. The van der Waals surface area contributed by atoms with Gasteiger partial charge in [-0.3, -0.25) is 10.1 Å². The van der Waals surface area contributed by atoms with E-state index in [-0.39, 0.29) is 11.7 Å². The van der Waals surface area contributed by atoms with Crippen LogP contribution in [0.4, 0.5) is 5.13 Å². The van der Waals surface area contributed by atoms with Gasteiger partial charge in [0.1, 0.15) is 0 Å². The molecule has 0 spiro atoms. The first-order chi connectivity index (χ1) is 10.7. The summed E-state index contributed by atoms with van der Waals surface area (Å²) >= 11 is 1.38. The number of anilines is 1. The summed E-state index contributed by atoms with van der Waals surface area (Å²) in [5, 5.41) is 8.87. The van der Waals surface area contributed by atoms with Gasteiger partial charge in [-0.05, 0) is 18.9 Å². The molecule has 0 aliphatic carbocycles. The van der Waals surface area contributed by atoms with Gasteiger partial charge in [0.2, 0.25) is 5.76 Å². The molecule has 2 aromatic heterocycles. The van der Waals surface area contributed by atoms with Crippen LogP contribution < -0.4 is 5.32 Å². The van der Waals surface area contributed by atoms with E-state index < -0.39 is 0 Å². The average Bonchev–Trinajstić information content (AvgIpc) is 3.16. The van der Waals surface area contributed by atoms with E-state index in [1.165, 1.54) is 16.9 Å². The molecule has 3 rings (SSSR count). The Hall–Kier alpha value is -2.47. The van der Waals surface area contributed by atoms with E-state index in [0.29, 0.717) is 10.8 Å². The van der Waals surface area contributed by atoms with Crippen LogP contribution >= 0.6 is 11.3 Å². The number of carbonyl (C=O) groups excluding carboxylic acids is 1. The van der Waals surface area contributed by atoms with Gasteiger partial charge in [-0.25, -0.2) is 4.98 Å². The van der Waals surface area contributed by atoms with E-state index in [0.717, 1.165) is 17.7 Å². The molecular formula is C16H15N3O2S. The fourth-order valence-corrected chi connectivity index (χ4v) is 2.72. The van der Waals surface area contributed by atoms with Gasteiger partial charge in [0, 0.05) is 17.0 Å². The maximum absolute atomic E-state index is 12.0. The second-order valence-electron chi connectivity index (χ2n) is 4.88. The SMILES string of the molecule is CCc1ccc(-c2csc(NC(=O)c3cc(C)no3)n2)cc1. The standard InChI is InChI=1S/C16H15N3O2S/c1-3-11-4-6-12(7-5-11)13-9-22-16(17-13)18-15(20)14-8-10(2)19-21-14/h4-9H,3H2,1-2H3,(H,17,18,20). The number of aryl methyl sites for hydroxylation is 2. The number of amides is 1. The molecule has 22 heavy (non-hydrogen) atoms. The zero-order valence-corrected chi connectivity index (χ0v) is 13.1. The van der Waals surface area contributed by atoms with Gasteiger partial charge >= 0.3 is 0 Å². The summed E-state index contributed by atoms with van der Waals surface area (Å²) < 4.78 is 4.93. The molecule has 0 radical (unpaired) electrons. The highest BCUT2D eigenvalue weighted by Crippen LogP contribution is 2.25. The first-order valence-corrected chi connectivity index (χ1v) is 7.83. The minimum Gasteiger partial charge on any atom is -0.351 e. The van der Waals surface area contributed by atoms with Crippen LogP contribution in [0, 0.1) is 6.92 Å². The molecule has 112 valence electrons. The average molecular weight is 313 g/mol. The van der Waals surface area contributed by atoms with E-state index in [9.17, 15) is 4.79 Å². The van der Waals surface area contributed by atoms with Crippen molar-refractivity contribution in [3.8, 4) is 11.3 Å². The summed E-state index contributed by atoms with van der Waals surface area (Å²) in [5.41, 5.74) is 3.83. The second kappa shape index (κ2) is 6.11. The van der Waals surface area contributed by atoms with Crippen molar-refractivity contribution in [3.63, 3.8) is 0 Å². The topological polar surface area (TPSA) is 68.0 Å². The molecule has 5 nitrogen and oxygen atoms in total. The molecule has 0 unspecified atom stereocenters. The first-order valence-electron chi connectivity index (χ1n) is 6.95. The second-order valence-corrected chi connectivity index (χ2v) is 5.73. The number of nitrogens with one attached hydrogen (secondary N) is 1. The zero-order valence-electron chi connectivity index (χ0n) is 12.3. The molecule has 0 saturated carbocycles. The Morgan fingerprint density at radius 2 is 2.09 bits per heavy atom. The van der Waals surface area contributed by atoms with Crippen molar-refractivity contribution in [2.45, 2.75) is 20.3 Å². The molecule has 1 N–H and O–H groups in total. The van der Waals surface area contributed by atoms with E-state index in [2.05, 4.69) is 34.5 Å². The van der Waals surface area contributed by atoms with Crippen LogP contribution in [0.15, 0.2) is 40.2 Å². The number of thiazole rings is 1. The van der Waals surface area contributed by atoms with Gasteiger partial charge < -0.3 is 4.52 Å². The number of carbonyl (C=O) groups is 1. The molecule has 1 aromatic carbocycles. The van der Waals surface area contributed by atoms with Crippen molar-refractivity contribution in [3.05, 3.63) is 52.7 Å². The molecule has 0 fully saturated rings. The van der Waals surface area contributed by atoms with Crippen LogP contribution in [-0.2, 0) is 6.42 Å². The maximum atomic E-state index is 12.0. The Balaban J connectivity index is 1.74. The summed E-state index contributed by atoms with van der Waals surface area (Å²) in [5.74, 6) is -0.163. The van der Waals surface area contributed by atoms with Gasteiger partial charge in [0.25, 0.3) is 5.91 Å². The predicted octanol–water partition coefficient (Wildman–Crippen LogP) is 3.92. The van der Waals surface area contributed by atoms with Crippen LogP contribution in [0.3, 0.4) is 0 Å². The molecule has 0 bridgehead atoms. The van der Waals surface area contributed by atoms with Crippen LogP contribution in [0.1, 0.15) is 28.7 Å². The predicted molar refractivity (Wildman–Crippen MR) is 86.1 cm³/mol. The monoisotopic (exact) mass is 313 g/mol. The summed E-state index contributed by atoms with van der Waals surface area (Å²) in [6.07, 6.45) is 1.01. The van der Waals surface area contributed by atoms with Crippen LogP contribution in [0.5, 0.6) is 0 Å². The Kier molecular flexibility index (Phi) is 4.02. The number of rotatable bonds is 4. The van der Waals surface area contributed by atoms with Crippen molar-refractivity contribution in [2.24, 2.45) is 0 Å². The van der Waals surface area contributed by atoms with Crippen molar-refractivity contribution < 1.29 is 9.32 Å². The fraction of sp³-hybridized carbons (Fsp3) is 0.188. The molecular weight excluding hydrogens is 298 g/mol. The van der Waals surface area contributed by atoms with Crippen LogP contribution in [0.25, 0.3) is 11.3 Å². The highest BCUT2D eigenvalue weighted by atomic mass is 32.1. The lowest BCUT2D eigenvalue weighted by atomic mass is 10.1. The quantitative estimate of drug-likeness (QED) is 0.792. The summed E-state index contributed by atoms with van der Waals surface area (Å²) in [6, 6.07) is 9.85. The summed E-state index contributed by atoms with van der Waals surface area (Å²) in [6.45, 7) is 3.89. The lowest BCUT2D eigenvalue weighted by molar-refractivity contribution is 0.0988. The number of benzene rings is 1. The van der Waals surface area contributed by atoms with Gasteiger partial charge in [-0.2, -0.15) is 0 Å². The van der Waals surface area contributed by atoms with Crippen molar-refractivity contribution in [2.75, 3.05) is 5.32 Å². The van der Waals surface area contributed by atoms with Crippen LogP contribution in [0.2, 0.25) is 0 Å². The Morgan fingerprint density at radius 1 is 1.32 bits per heavy atom. The number of aromatic nitrogens is 2. The number of hydrogen-bond acceptors (Lipinski definition) is 5. The molecule has 0 aliphatic heterocycles. The minimum absolute atomic E-state index is 0.182. The lowest BCUT2D eigenvalue weighted by Gasteiger charge is -1.99. The third-order valence-corrected chi connectivity index (χ3v) is 3.99. The van der Waals surface area contributed by atoms with Gasteiger partial charge in [-0.1, -0.05) is 36.3 Å². The van der Waals surface area contributed by atoms with E-state index >= 15 is 0 Å². The van der Waals surface area contributed by atoms with Gasteiger partial charge in [-0.15, -0.1) is 11.3 Å². The normalized spacial score (nSPS) is 10.6. The highest BCUT2D eigenvalue weighted by molar-refractivity contribution is 7.14. The van der Waals surface area contributed by atoms with Crippen molar-refractivity contribution in [1.82, 2.24) is 10.1 Å². The Bertz CT molecular complexity index is 790. The van der Waals surface area contributed by atoms with E-state index in [1.54, 1.807) is 13.0 Å². The largest absolute Gasteiger partial charge is 0.351 e. The third kappa shape index (κ3) is 3.07. The fourth-order valence-electron chi connectivity index (χ4n) is 2.00. The van der Waals surface area contributed by atoms with E-state index in [1.807, 2.05) is 17.5 Å². The maximum Gasteiger partial charge on any atom is 0.296 e. The minimum atomic E-state index is -0.345. The first kappa shape index (κ1) is 14.5. The van der Waals surface area contributed by atoms with Crippen LogP contribution in [-0.4, -0.2) is 16.0 Å². The smallest absolute Gasteiger partial charge is 0.296 e.